The van der Waals surface area contributed by atoms with Crippen molar-refractivity contribution in [3.63, 3.8) is 0 Å². The maximum Gasteiger partial charge on any atom is 0.164 e. The van der Waals surface area contributed by atoms with E-state index < -0.39 is 0 Å². The van der Waals surface area contributed by atoms with Crippen LogP contribution in [0.25, 0.3) is 0 Å². The van der Waals surface area contributed by atoms with Gasteiger partial charge in [0.25, 0.3) is 0 Å². The van der Waals surface area contributed by atoms with E-state index in [0.717, 1.165) is 19.3 Å². The quantitative estimate of drug-likeness (QED) is 0.534. The highest BCUT2D eigenvalue weighted by Gasteiger charge is 2.71. The highest BCUT2D eigenvalue weighted by atomic mass is 16.6. The number of carbonyl (C=O) groups excluding carboxylic acids is 1. The minimum absolute atomic E-state index is 0.000579. The van der Waals surface area contributed by atoms with Crippen molar-refractivity contribution in [1.82, 2.24) is 0 Å². The third kappa shape index (κ3) is 0.804. The maximum absolute atomic E-state index is 11.5. The second kappa shape index (κ2) is 2.17. The van der Waals surface area contributed by atoms with Crippen LogP contribution < -0.4 is 0 Å². The number of hydrogen-bond acceptors (Lipinski definition) is 2. The van der Waals surface area contributed by atoms with Gasteiger partial charge in [0.1, 0.15) is 11.7 Å². The van der Waals surface area contributed by atoms with Crippen LogP contribution in [0.15, 0.2) is 0 Å². The van der Waals surface area contributed by atoms with E-state index in [2.05, 4.69) is 6.92 Å². The first-order valence-corrected chi connectivity index (χ1v) is 5.39. The molecular weight excluding hydrogens is 164 g/mol. The molecule has 1 heterocycles. The lowest BCUT2D eigenvalue weighted by Crippen LogP contribution is -2.45. The summed E-state index contributed by atoms with van der Waals surface area (Å²) in [5.74, 6) is 0.361. The second-order valence-electron chi connectivity index (χ2n) is 5.12. The molecule has 72 valence electrons. The third-order valence-corrected chi connectivity index (χ3v) is 4.46. The SMILES string of the molecule is CC12CCCCC13OC3C(=O)CC2. The van der Waals surface area contributed by atoms with Gasteiger partial charge < -0.3 is 4.74 Å². The maximum atomic E-state index is 11.5. The van der Waals surface area contributed by atoms with Gasteiger partial charge in [-0.2, -0.15) is 0 Å². The van der Waals surface area contributed by atoms with Crippen molar-refractivity contribution in [2.24, 2.45) is 5.41 Å². The lowest BCUT2D eigenvalue weighted by Gasteiger charge is -2.42. The summed E-state index contributed by atoms with van der Waals surface area (Å²) in [5, 5.41) is 0. The lowest BCUT2D eigenvalue weighted by atomic mass is 9.60. The van der Waals surface area contributed by atoms with Gasteiger partial charge in [0, 0.05) is 11.8 Å². The molecule has 13 heavy (non-hydrogen) atoms. The zero-order valence-electron chi connectivity index (χ0n) is 8.14. The fourth-order valence-electron chi connectivity index (χ4n) is 3.43. The molecule has 1 aliphatic heterocycles. The van der Waals surface area contributed by atoms with Gasteiger partial charge in [0.05, 0.1) is 0 Å². The minimum Gasteiger partial charge on any atom is -0.357 e. The van der Waals surface area contributed by atoms with E-state index in [0.29, 0.717) is 11.2 Å². The molecule has 2 heteroatoms. The highest BCUT2D eigenvalue weighted by molar-refractivity contribution is 5.88. The number of ether oxygens (including phenoxy) is 1. The predicted molar refractivity (Wildman–Crippen MR) is 48.4 cm³/mol. The summed E-state index contributed by atoms with van der Waals surface area (Å²) < 4.78 is 5.74. The molecule has 0 amide bonds. The van der Waals surface area contributed by atoms with Crippen LogP contribution in [0.5, 0.6) is 0 Å². The molecule has 1 saturated heterocycles. The summed E-state index contributed by atoms with van der Waals surface area (Å²) >= 11 is 0. The Labute approximate surface area is 78.6 Å². The fourth-order valence-corrected chi connectivity index (χ4v) is 3.43. The number of ketones is 1. The Morgan fingerprint density at radius 1 is 1.31 bits per heavy atom. The average Bonchev–Trinajstić information content (AvgIpc) is 2.84. The second-order valence-corrected chi connectivity index (χ2v) is 5.12. The first-order chi connectivity index (χ1) is 6.18. The highest BCUT2D eigenvalue weighted by Crippen LogP contribution is 2.63. The Hall–Kier alpha value is -0.370. The number of carbonyl (C=O) groups is 1. The van der Waals surface area contributed by atoms with E-state index in [-0.39, 0.29) is 11.7 Å². The van der Waals surface area contributed by atoms with Crippen molar-refractivity contribution < 1.29 is 9.53 Å². The molecule has 1 spiro atoms. The molecule has 0 bridgehead atoms. The zero-order valence-corrected chi connectivity index (χ0v) is 8.14. The van der Waals surface area contributed by atoms with Crippen LogP contribution in [0, 0.1) is 5.41 Å². The van der Waals surface area contributed by atoms with Gasteiger partial charge in [0.2, 0.25) is 0 Å². The van der Waals surface area contributed by atoms with Gasteiger partial charge >= 0.3 is 0 Å². The Bertz CT molecular complexity index is 273. The Kier molecular flexibility index (Phi) is 1.33. The minimum atomic E-state index is -0.00782. The normalized spacial score (nSPS) is 53.9. The molecule has 3 atom stereocenters. The van der Waals surface area contributed by atoms with Crippen molar-refractivity contribution in [3.05, 3.63) is 0 Å². The van der Waals surface area contributed by atoms with Crippen molar-refractivity contribution in [2.45, 2.75) is 57.2 Å². The molecule has 3 unspecified atom stereocenters. The van der Waals surface area contributed by atoms with Crippen molar-refractivity contribution >= 4 is 5.78 Å². The van der Waals surface area contributed by atoms with Gasteiger partial charge in [-0.05, 0) is 19.3 Å². The van der Waals surface area contributed by atoms with Crippen molar-refractivity contribution in [2.75, 3.05) is 0 Å². The van der Waals surface area contributed by atoms with E-state index in [9.17, 15) is 4.79 Å². The van der Waals surface area contributed by atoms with E-state index in [1.165, 1.54) is 19.3 Å². The van der Waals surface area contributed by atoms with Crippen molar-refractivity contribution in [1.29, 1.82) is 0 Å². The Morgan fingerprint density at radius 2 is 2.08 bits per heavy atom. The molecule has 3 rings (SSSR count). The van der Waals surface area contributed by atoms with Gasteiger partial charge in [0.15, 0.2) is 5.78 Å². The first kappa shape index (κ1) is 7.98. The van der Waals surface area contributed by atoms with Crippen LogP contribution in [0.1, 0.15) is 45.4 Å². The molecule has 3 aliphatic rings. The van der Waals surface area contributed by atoms with E-state index >= 15 is 0 Å². The van der Waals surface area contributed by atoms with Crippen LogP contribution in [0.4, 0.5) is 0 Å². The van der Waals surface area contributed by atoms with Crippen LogP contribution in [-0.2, 0) is 9.53 Å². The molecule has 0 radical (unpaired) electrons. The summed E-state index contributed by atoms with van der Waals surface area (Å²) in [7, 11) is 0. The van der Waals surface area contributed by atoms with Crippen LogP contribution >= 0.6 is 0 Å². The lowest BCUT2D eigenvalue weighted by molar-refractivity contribution is -0.122. The van der Waals surface area contributed by atoms with E-state index in [1.54, 1.807) is 0 Å². The summed E-state index contributed by atoms with van der Waals surface area (Å²) in [6.45, 7) is 2.32. The Balaban J connectivity index is 1.97. The molecule has 3 fully saturated rings. The number of Topliss-reactive ketones (excluding diaryl/α,β-unsaturated/α-hetero) is 1. The monoisotopic (exact) mass is 180 g/mol. The van der Waals surface area contributed by atoms with Crippen LogP contribution in [0.2, 0.25) is 0 Å². The van der Waals surface area contributed by atoms with Gasteiger partial charge in [-0.25, -0.2) is 0 Å². The summed E-state index contributed by atoms with van der Waals surface area (Å²) in [6.07, 6.45) is 6.76. The average molecular weight is 180 g/mol. The van der Waals surface area contributed by atoms with Gasteiger partial charge in [-0.3, -0.25) is 4.79 Å². The number of rotatable bonds is 0. The largest absolute Gasteiger partial charge is 0.357 e. The standard InChI is InChI=1S/C11H16O2/c1-10-5-2-3-6-11(10)9(13-11)8(12)4-7-10/h9H,2-7H2,1H3. The molecule has 0 aromatic carbocycles. The predicted octanol–water partition coefficient (Wildman–Crippen LogP) is 2.07. The summed E-state index contributed by atoms with van der Waals surface area (Å²) in [6, 6.07) is 0. The van der Waals surface area contributed by atoms with E-state index in [4.69, 9.17) is 4.74 Å². The van der Waals surface area contributed by atoms with Gasteiger partial charge in [-0.1, -0.05) is 19.8 Å². The number of hydrogen-bond donors (Lipinski definition) is 0. The van der Waals surface area contributed by atoms with Gasteiger partial charge in [-0.15, -0.1) is 0 Å². The van der Waals surface area contributed by atoms with Crippen LogP contribution in [0.3, 0.4) is 0 Å². The molecule has 2 aliphatic carbocycles. The zero-order chi connectivity index (χ0) is 9.10. The molecular formula is C11H16O2. The van der Waals surface area contributed by atoms with Crippen molar-refractivity contribution in [3.8, 4) is 0 Å². The fraction of sp³-hybridized carbons (Fsp3) is 0.909. The molecule has 0 N–H and O–H groups in total. The molecule has 0 aromatic heterocycles. The topological polar surface area (TPSA) is 29.6 Å². The summed E-state index contributed by atoms with van der Waals surface area (Å²) in [5.41, 5.74) is 0.324. The summed E-state index contributed by atoms with van der Waals surface area (Å²) in [4.78, 5) is 11.5. The molecule has 2 saturated carbocycles. The Morgan fingerprint density at radius 3 is 2.92 bits per heavy atom. The third-order valence-electron chi connectivity index (χ3n) is 4.46. The molecule has 0 aromatic rings. The first-order valence-electron chi connectivity index (χ1n) is 5.39. The smallest absolute Gasteiger partial charge is 0.164 e. The van der Waals surface area contributed by atoms with Crippen LogP contribution in [-0.4, -0.2) is 17.5 Å². The number of epoxide rings is 1. The van der Waals surface area contributed by atoms with E-state index in [1.807, 2.05) is 0 Å². The molecule has 2 nitrogen and oxygen atoms in total.